The molecule has 4 nitrogen and oxygen atoms in total. The van der Waals surface area contributed by atoms with E-state index in [0.29, 0.717) is 5.17 Å². The van der Waals surface area contributed by atoms with Crippen LogP contribution in [0.1, 0.15) is 23.2 Å². The van der Waals surface area contributed by atoms with Crippen LogP contribution < -0.4 is 0 Å². The molecule has 1 N–H and O–H groups in total. The first-order chi connectivity index (χ1) is 10.7. The second-order valence-electron chi connectivity index (χ2n) is 4.98. The van der Waals surface area contributed by atoms with Gasteiger partial charge in [0.15, 0.2) is 5.17 Å². The topological polar surface area (TPSA) is 52.9 Å². The van der Waals surface area contributed by atoms with Gasteiger partial charge in [0.2, 0.25) is 0 Å². The van der Waals surface area contributed by atoms with Gasteiger partial charge in [0.05, 0.1) is 6.04 Å². The molecule has 112 valence electrons. The standard InChI is InChI=1S/C17H16N2O2S/c1-22-16-18-14(12-8-4-2-5-9-12)15(19(16)17(20)21)13-10-6-3-7-11-13/h2-11,14-15H,1H3,(H,20,21). The number of benzene rings is 2. The highest BCUT2D eigenvalue weighted by molar-refractivity contribution is 8.13. The van der Waals surface area contributed by atoms with Crippen LogP contribution in [0.5, 0.6) is 0 Å². The van der Waals surface area contributed by atoms with Crippen molar-refractivity contribution in [2.24, 2.45) is 4.99 Å². The highest BCUT2D eigenvalue weighted by atomic mass is 32.2. The van der Waals surface area contributed by atoms with Crippen LogP contribution >= 0.6 is 11.8 Å². The largest absolute Gasteiger partial charge is 0.465 e. The van der Waals surface area contributed by atoms with E-state index in [0.717, 1.165) is 11.1 Å². The van der Waals surface area contributed by atoms with Crippen molar-refractivity contribution in [3.8, 4) is 0 Å². The minimum Gasteiger partial charge on any atom is -0.465 e. The number of nitrogens with zero attached hydrogens (tertiary/aromatic N) is 2. The Bertz CT molecular complexity index is 688. The number of carboxylic acid groups (broad SMARTS) is 1. The van der Waals surface area contributed by atoms with Crippen molar-refractivity contribution >= 4 is 23.0 Å². The van der Waals surface area contributed by atoms with Gasteiger partial charge in [-0.25, -0.2) is 9.69 Å². The van der Waals surface area contributed by atoms with Crippen LogP contribution in [0.3, 0.4) is 0 Å². The summed E-state index contributed by atoms with van der Waals surface area (Å²) in [5, 5.41) is 10.2. The van der Waals surface area contributed by atoms with E-state index >= 15 is 0 Å². The van der Waals surface area contributed by atoms with Crippen LogP contribution in [-0.4, -0.2) is 27.5 Å². The smallest absolute Gasteiger partial charge is 0.414 e. The zero-order valence-electron chi connectivity index (χ0n) is 12.1. The molecule has 2 aromatic rings. The van der Waals surface area contributed by atoms with Gasteiger partial charge in [-0.05, 0) is 17.4 Å². The fraction of sp³-hybridized carbons (Fsp3) is 0.176. The highest BCUT2D eigenvalue weighted by Gasteiger charge is 2.41. The quantitative estimate of drug-likeness (QED) is 0.905. The SMILES string of the molecule is CSC1=NC(c2ccccc2)C(c2ccccc2)N1C(=O)O. The second kappa shape index (κ2) is 6.23. The molecule has 0 fully saturated rings. The predicted octanol–water partition coefficient (Wildman–Crippen LogP) is 4.18. The molecule has 2 unspecified atom stereocenters. The van der Waals surface area contributed by atoms with Crippen molar-refractivity contribution in [3.05, 3.63) is 71.8 Å². The van der Waals surface area contributed by atoms with Crippen LogP contribution in [0.15, 0.2) is 65.7 Å². The van der Waals surface area contributed by atoms with Gasteiger partial charge in [0.1, 0.15) is 6.04 Å². The van der Waals surface area contributed by atoms with Gasteiger partial charge in [0.25, 0.3) is 0 Å². The molecular weight excluding hydrogens is 296 g/mol. The minimum absolute atomic E-state index is 0.220. The summed E-state index contributed by atoms with van der Waals surface area (Å²) in [5.74, 6) is 0. The molecule has 1 aliphatic heterocycles. The van der Waals surface area contributed by atoms with Gasteiger partial charge in [-0.1, -0.05) is 72.4 Å². The molecule has 2 aromatic carbocycles. The molecule has 0 saturated heterocycles. The van der Waals surface area contributed by atoms with E-state index in [9.17, 15) is 9.90 Å². The molecular formula is C17H16N2O2S. The lowest BCUT2D eigenvalue weighted by Gasteiger charge is -2.26. The summed E-state index contributed by atoms with van der Waals surface area (Å²) in [4.78, 5) is 17.8. The molecule has 3 rings (SSSR count). The summed E-state index contributed by atoms with van der Waals surface area (Å²) in [6.45, 7) is 0. The van der Waals surface area contributed by atoms with Crippen molar-refractivity contribution in [1.29, 1.82) is 0 Å². The van der Waals surface area contributed by atoms with E-state index in [1.165, 1.54) is 16.7 Å². The molecule has 22 heavy (non-hydrogen) atoms. The monoisotopic (exact) mass is 312 g/mol. The molecule has 0 bridgehead atoms. The Morgan fingerprint density at radius 1 is 1.05 bits per heavy atom. The number of hydrogen-bond donors (Lipinski definition) is 1. The summed E-state index contributed by atoms with van der Waals surface area (Å²) in [5.41, 5.74) is 1.97. The van der Waals surface area contributed by atoms with Gasteiger partial charge in [0, 0.05) is 0 Å². The van der Waals surface area contributed by atoms with Crippen LogP contribution in [0.25, 0.3) is 0 Å². The molecule has 0 radical (unpaired) electrons. The summed E-state index contributed by atoms with van der Waals surface area (Å²) in [6, 6.07) is 19.0. The van der Waals surface area contributed by atoms with E-state index in [1.807, 2.05) is 66.9 Å². The number of aliphatic imine (C=N–C) groups is 1. The zero-order chi connectivity index (χ0) is 15.5. The molecule has 2 atom stereocenters. The third-order valence-corrected chi connectivity index (χ3v) is 4.37. The van der Waals surface area contributed by atoms with Crippen molar-refractivity contribution in [3.63, 3.8) is 0 Å². The van der Waals surface area contributed by atoms with Gasteiger partial charge >= 0.3 is 6.09 Å². The van der Waals surface area contributed by atoms with Gasteiger partial charge in [-0.2, -0.15) is 0 Å². The van der Waals surface area contributed by atoms with Gasteiger partial charge in [-0.15, -0.1) is 0 Å². The summed E-state index contributed by atoms with van der Waals surface area (Å²) >= 11 is 1.36. The Balaban J connectivity index is 2.10. The first-order valence-electron chi connectivity index (χ1n) is 6.96. The fourth-order valence-electron chi connectivity index (χ4n) is 2.75. The Hall–Kier alpha value is -2.27. The van der Waals surface area contributed by atoms with Crippen molar-refractivity contribution in [2.45, 2.75) is 12.1 Å². The van der Waals surface area contributed by atoms with E-state index < -0.39 is 6.09 Å². The predicted molar refractivity (Wildman–Crippen MR) is 89.2 cm³/mol. The summed E-state index contributed by atoms with van der Waals surface area (Å²) in [7, 11) is 0. The average molecular weight is 312 g/mol. The number of amidine groups is 1. The maximum Gasteiger partial charge on any atom is 0.414 e. The van der Waals surface area contributed by atoms with E-state index in [2.05, 4.69) is 4.99 Å². The van der Waals surface area contributed by atoms with Crippen molar-refractivity contribution < 1.29 is 9.90 Å². The lowest BCUT2D eigenvalue weighted by atomic mass is 9.94. The minimum atomic E-state index is -0.972. The lowest BCUT2D eigenvalue weighted by Crippen LogP contribution is -2.34. The Labute approximate surface area is 133 Å². The summed E-state index contributed by atoms with van der Waals surface area (Å²) in [6.07, 6.45) is 0.880. The third kappa shape index (κ3) is 2.60. The number of carbonyl (C=O) groups is 1. The Morgan fingerprint density at radius 2 is 1.59 bits per heavy atom. The van der Waals surface area contributed by atoms with Crippen LogP contribution in [0.4, 0.5) is 4.79 Å². The summed E-state index contributed by atoms with van der Waals surface area (Å²) < 4.78 is 0. The lowest BCUT2D eigenvalue weighted by molar-refractivity contribution is 0.157. The number of thioether (sulfide) groups is 1. The molecule has 5 heteroatoms. The first kappa shape index (κ1) is 14.7. The van der Waals surface area contributed by atoms with Crippen LogP contribution in [0, 0.1) is 0 Å². The fourth-order valence-corrected chi connectivity index (χ4v) is 3.36. The van der Waals surface area contributed by atoms with Crippen LogP contribution in [0.2, 0.25) is 0 Å². The molecule has 0 saturated carbocycles. The third-order valence-electron chi connectivity index (χ3n) is 3.70. The number of hydrogen-bond acceptors (Lipinski definition) is 3. The van der Waals surface area contributed by atoms with Crippen molar-refractivity contribution in [1.82, 2.24) is 4.90 Å². The Morgan fingerprint density at radius 3 is 2.09 bits per heavy atom. The first-order valence-corrected chi connectivity index (χ1v) is 8.18. The molecule has 1 amide bonds. The van der Waals surface area contributed by atoms with Gasteiger partial charge in [-0.3, -0.25) is 4.99 Å². The molecule has 1 aliphatic rings. The number of rotatable bonds is 2. The molecule has 0 aromatic heterocycles. The van der Waals surface area contributed by atoms with Crippen LogP contribution in [-0.2, 0) is 0 Å². The average Bonchev–Trinajstić information content (AvgIpc) is 2.96. The molecule has 0 spiro atoms. The van der Waals surface area contributed by atoms with Crippen molar-refractivity contribution in [2.75, 3.05) is 6.26 Å². The Kier molecular flexibility index (Phi) is 4.15. The molecule has 1 heterocycles. The zero-order valence-corrected chi connectivity index (χ0v) is 12.9. The maximum atomic E-state index is 11.8. The maximum absolute atomic E-state index is 11.8. The molecule has 0 aliphatic carbocycles. The van der Waals surface area contributed by atoms with E-state index in [-0.39, 0.29) is 12.1 Å². The number of amides is 1. The second-order valence-corrected chi connectivity index (χ2v) is 5.75. The normalized spacial score (nSPS) is 20.8. The highest BCUT2D eigenvalue weighted by Crippen LogP contribution is 2.43. The van der Waals surface area contributed by atoms with E-state index in [4.69, 9.17) is 0 Å². The van der Waals surface area contributed by atoms with Gasteiger partial charge < -0.3 is 5.11 Å². The van der Waals surface area contributed by atoms with E-state index in [1.54, 1.807) is 0 Å².